The van der Waals surface area contributed by atoms with Crippen LogP contribution < -0.4 is 5.63 Å². The zero-order chi connectivity index (χ0) is 11.0. The molecule has 0 bridgehead atoms. The van der Waals surface area contributed by atoms with Crippen LogP contribution >= 0.6 is 11.6 Å². The third-order valence-electron chi connectivity index (χ3n) is 1.96. The number of benzene rings is 1. The van der Waals surface area contributed by atoms with Crippen LogP contribution in [0.1, 0.15) is 10.6 Å². The predicted molar refractivity (Wildman–Crippen MR) is 54.5 cm³/mol. The van der Waals surface area contributed by atoms with Gasteiger partial charge < -0.3 is 9.52 Å². The second-order valence-corrected chi connectivity index (χ2v) is 3.31. The van der Waals surface area contributed by atoms with Gasteiger partial charge in [0.25, 0.3) is 0 Å². The van der Waals surface area contributed by atoms with Crippen LogP contribution in [0.3, 0.4) is 0 Å². The Balaban J connectivity index is 2.92. The molecule has 76 valence electrons. The maximum absolute atomic E-state index is 11.4. The molecule has 15 heavy (non-hydrogen) atoms. The van der Waals surface area contributed by atoms with Crippen LogP contribution in [0.25, 0.3) is 10.8 Å². The van der Waals surface area contributed by atoms with Crippen LogP contribution in [0.4, 0.5) is 0 Å². The molecule has 0 radical (unpaired) electrons. The molecule has 0 aliphatic heterocycles. The molecule has 0 fully saturated rings. The minimum Gasteiger partial charge on any atom is -0.475 e. The Morgan fingerprint density at radius 1 is 1.33 bits per heavy atom. The molecule has 0 spiro atoms. The summed E-state index contributed by atoms with van der Waals surface area (Å²) in [5.41, 5.74) is -0.701. The van der Waals surface area contributed by atoms with Gasteiger partial charge >= 0.3 is 11.6 Å². The van der Waals surface area contributed by atoms with E-state index in [2.05, 4.69) is 4.42 Å². The molecule has 1 N–H and O–H groups in total. The first-order valence-electron chi connectivity index (χ1n) is 4.05. The van der Waals surface area contributed by atoms with E-state index in [9.17, 15) is 9.59 Å². The van der Waals surface area contributed by atoms with Crippen molar-refractivity contribution in [2.75, 3.05) is 0 Å². The molecule has 5 heteroatoms. The minimum absolute atomic E-state index is 0.271. The van der Waals surface area contributed by atoms with Gasteiger partial charge in [-0.15, -0.1) is 0 Å². The molecular weight excluding hydrogens is 220 g/mol. The molecule has 1 aromatic heterocycles. The molecule has 0 atom stereocenters. The average molecular weight is 225 g/mol. The van der Waals surface area contributed by atoms with Crippen LogP contribution in [0.2, 0.25) is 5.02 Å². The van der Waals surface area contributed by atoms with Gasteiger partial charge in [-0.1, -0.05) is 17.7 Å². The SMILES string of the molecule is O=C(O)c1cc2c(Cl)cccc2c(=O)o1. The Kier molecular flexibility index (Phi) is 2.21. The van der Waals surface area contributed by atoms with E-state index in [0.717, 1.165) is 0 Å². The number of halogens is 1. The van der Waals surface area contributed by atoms with E-state index in [1.54, 1.807) is 12.1 Å². The van der Waals surface area contributed by atoms with E-state index >= 15 is 0 Å². The van der Waals surface area contributed by atoms with Crippen LogP contribution in [0, 0.1) is 0 Å². The van der Waals surface area contributed by atoms with Crippen molar-refractivity contribution in [2.45, 2.75) is 0 Å². The topological polar surface area (TPSA) is 67.5 Å². The number of rotatable bonds is 1. The normalized spacial score (nSPS) is 10.5. The number of carboxylic acids is 1. The standard InChI is InChI=1S/C10H5ClO4/c11-7-3-1-2-5-6(7)4-8(9(12)13)15-10(5)14/h1-4H,(H,12,13). The monoisotopic (exact) mass is 224 g/mol. The lowest BCUT2D eigenvalue weighted by Crippen LogP contribution is -2.06. The molecule has 2 rings (SSSR count). The predicted octanol–water partition coefficient (Wildman–Crippen LogP) is 2.14. The summed E-state index contributed by atoms with van der Waals surface area (Å²) in [7, 11) is 0. The molecule has 1 heterocycles. The Labute approximate surface area is 88.7 Å². The van der Waals surface area contributed by atoms with Gasteiger partial charge in [0.2, 0.25) is 5.76 Å². The number of carbonyl (C=O) groups is 1. The lowest BCUT2D eigenvalue weighted by atomic mass is 10.1. The lowest BCUT2D eigenvalue weighted by molar-refractivity contribution is 0.0658. The zero-order valence-corrected chi connectivity index (χ0v) is 8.12. The van der Waals surface area contributed by atoms with Gasteiger partial charge in [-0.25, -0.2) is 9.59 Å². The zero-order valence-electron chi connectivity index (χ0n) is 7.36. The van der Waals surface area contributed by atoms with Crippen molar-refractivity contribution in [3.8, 4) is 0 Å². The van der Waals surface area contributed by atoms with Gasteiger partial charge in [-0.2, -0.15) is 0 Å². The molecule has 1 aromatic carbocycles. The van der Waals surface area contributed by atoms with E-state index in [-0.39, 0.29) is 5.39 Å². The van der Waals surface area contributed by atoms with Gasteiger partial charge in [0.15, 0.2) is 0 Å². The second-order valence-electron chi connectivity index (χ2n) is 2.90. The molecule has 0 unspecified atom stereocenters. The molecule has 0 saturated heterocycles. The average Bonchev–Trinajstić information content (AvgIpc) is 2.19. The highest BCUT2D eigenvalue weighted by Gasteiger charge is 2.11. The largest absolute Gasteiger partial charge is 0.475 e. The Morgan fingerprint density at radius 3 is 2.73 bits per heavy atom. The van der Waals surface area contributed by atoms with Crippen LogP contribution in [-0.2, 0) is 0 Å². The van der Waals surface area contributed by atoms with Crippen molar-refractivity contribution in [3.63, 3.8) is 0 Å². The molecule has 0 aliphatic rings. The van der Waals surface area contributed by atoms with Crippen molar-refractivity contribution in [3.05, 3.63) is 45.5 Å². The summed E-state index contributed by atoms with van der Waals surface area (Å²) in [6.45, 7) is 0. The summed E-state index contributed by atoms with van der Waals surface area (Å²) in [4.78, 5) is 22.0. The first kappa shape index (κ1) is 9.73. The van der Waals surface area contributed by atoms with Crippen LogP contribution in [-0.4, -0.2) is 11.1 Å². The van der Waals surface area contributed by atoms with E-state index < -0.39 is 17.4 Å². The first-order valence-corrected chi connectivity index (χ1v) is 4.43. The van der Waals surface area contributed by atoms with Crippen LogP contribution in [0.15, 0.2) is 33.5 Å². The first-order chi connectivity index (χ1) is 7.09. The number of carboxylic acid groups (broad SMARTS) is 1. The minimum atomic E-state index is -1.30. The fourth-order valence-corrected chi connectivity index (χ4v) is 1.51. The summed E-state index contributed by atoms with van der Waals surface area (Å²) >= 11 is 5.83. The van der Waals surface area contributed by atoms with Crippen LogP contribution in [0.5, 0.6) is 0 Å². The van der Waals surface area contributed by atoms with Crippen molar-refractivity contribution in [2.24, 2.45) is 0 Å². The summed E-state index contributed by atoms with van der Waals surface area (Å²) in [5, 5.41) is 9.66. The second kappa shape index (κ2) is 3.40. The van der Waals surface area contributed by atoms with Gasteiger partial charge in [-0.3, -0.25) is 0 Å². The highest BCUT2D eigenvalue weighted by atomic mass is 35.5. The van der Waals surface area contributed by atoms with Crippen molar-refractivity contribution in [1.82, 2.24) is 0 Å². The molecule has 2 aromatic rings. The number of fused-ring (bicyclic) bond motifs is 1. The Bertz CT molecular complexity index is 600. The number of hydrogen-bond acceptors (Lipinski definition) is 3. The van der Waals surface area contributed by atoms with Gasteiger partial charge in [0, 0.05) is 10.4 Å². The maximum atomic E-state index is 11.4. The molecular formula is C10H5ClO4. The van der Waals surface area contributed by atoms with Crippen molar-refractivity contribution < 1.29 is 14.3 Å². The highest BCUT2D eigenvalue weighted by molar-refractivity contribution is 6.35. The molecule has 0 aliphatic carbocycles. The summed E-state index contributed by atoms with van der Waals surface area (Å²) < 4.78 is 4.59. The summed E-state index contributed by atoms with van der Waals surface area (Å²) in [5.74, 6) is -1.71. The summed E-state index contributed by atoms with van der Waals surface area (Å²) in [6.07, 6.45) is 0. The lowest BCUT2D eigenvalue weighted by Gasteiger charge is -1.99. The van der Waals surface area contributed by atoms with Gasteiger partial charge in [0.1, 0.15) is 0 Å². The molecule has 0 amide bonds. The smallest absolute Gasteiger partial charge is 0.371 e. The number of hydrogen-bond donors (Lipinski definition) is 1. The van der Waals surface area contributed by atoms with Crippen molar-refractivity contribution >= 4 is 28.3 Å². The maximum Gasteiger partial charge on any atom is 0.371 e. The van der Waals surface area contributed by atoms with Crippen molar-refractivity contribution in [1.29, 1.82) is 0 Å². The van der Waals surface area contributed by atoms with Gasteiger partial charge in [-0.05, 0) is 18.2 Å². The fraction of sp³-hybridized carbons (Fsp3) is 0. The van der Waals surface area contributed by atoms with E-state index in [1.807, 2.05) is 0 Å². The quantitative estimate of drug-likeness (QED) is 0.806. The highest BCUT2D eigenvalue weighted by Crippen LogP contribution is 2.21. The molecule has 0 saturated carbocycles. The molecule has 4 nitrogen and oxygen atoms in total. The van der Waals surface area contributed by atoms with Gasteiger partial charge in [0.05, 0.1) is 5.39 Å². The Hall–Kier alpha value is -1.81. The van der Waals surface area contributed by atoms with E-state index in [1.165, 1.54) is 12.1 Å². The third kappa shape index (κ3) is 1.59. The Morgan fingerprint density at radius 2 is 2.07 bits per heavy atom. The number of aromatic carboxylic acids is 1. The third-order valence-corrected chi connectivity index (χ3v) is 2.29. The summed E-state index contributed by atoms with van der Waals surface area (Å²) in [6, 6.07) is 5.94. The van der Waals surface area contributed by atoms with E-state index in [0.29, 0.717) is 10.4 Å². The fourth-order valence-electron chi connectivity index (χ4n) is 1.28. The van der Waals surface area contributed by atoms with E-state index in [4.69, 9.17) is 16.7 Å².